The monoisotopic (exact) mass is 520 g/mol. The molecule has 1 aromatic heterocycles. The van der Waals surface area contributed by atoms with Gasteiger partial charge in [0, 0.05) is 61.3 Å². The van der Waals surface area contributed by atoms with E-state index in [9.17, 15) is 9.59 Å². The third kappa shape index (κ3) is 5.97. The molecule has 3 aliphatic heterocycles. The predicted octanol–water partition coefficient (Wildman–Crippen LogP) is 4.30. The minimum atomic E-state index is -0.166. The standard InChI is InChI=1S/C30H40N4O4/c1-20(31-2)14-21-6-7-25-27(33-23-8-12-37-13-9-23)16-28-26(29(25)30(36)32-17-22(21)19-35)15-24(38-28)18-34-10-4-3-5-11-34/h14-16,19,23,31,33H,3-13,17-18H2,1-2H3,(H,32,36)/b20-14-,22-21-. The van der Waals surface area contributed by atoms with Gasteiger partial charge in [0.1, 0.15) is 17.6 Å². The number of hydrogen-bond acceptors (Lipinski definition) is 7. The molecule has 0 bridgehead atoms. The van der Waals surface area contributed by atoms with Gasteiger partial charge >= 0.3 is 0 Å². The maximum Gasteiger partial charge on any atom is 0.252 e. The van der Waals surface area contributed by atoms with E-state index in [-0.39, 0.29) is 18.5 Å². The van der Waals surface area contributed by atoms with Crippen molar-refractivity contribution in [3.05, 3.63) is 51.9 Å². The molecule has 0 radical (unpaired) electrons. The molecule has 3 aliphatic rings. The lowest BCUT2D eigenvalue weighted by Gasteiger charge is -2.26. The maximum atomic E-state index is 13.7. The van der Waals surface area contributed by atoms with E-state index in [0.717, 1.165) is 91.2 Å². The summed E-state index contributed by atoms with van der Waals surface area (Å²) in [6, 6.07) is 4.40. The van der Waals surface area contributed by atoms with Crippen LogP contribution >= 0.6 is 0 Å². The van der Waals surface area contributed by atoms with E-state index in [4.69, 9.17) is 9.15 Å². The molecule has 5 rings (SSSR count). The molecule has 0 aliphatic carbocycles. The number of rotatable bonds is 7. The van der Waals surface area contributed by atoms with Crippen molar-refractivity contribution in [3.8, 4) is 0 Å². The second kappa shape index (κ2) is 12.2. The van der Waals surface area contributed by atoms with Crippen molar-refractivity contribution in [2.75, 3.05) is 45.2 Å². The first-order valence-electron chi connectivity index (χ1n) is 14.0. The molecule has 38 heavy (non-hydrogen) atoms. The van der Waals surface area contributed by atoms with E-state index >= 15 is 0 Å². The van der Waals surface area contributed by atoms with Crippen LogP contribution in [-0.4, -0.2) is 63.0 Å². The molecule has 0 spiro atoms. The molecule has 2 saturated heterocycles. The largest absolute Gasteiger partial charge is 0.460 e. The quantitative estimate of drug-likeness (QED) is 0.469. The summed E-state index contributed by atoms with van der Waals surface area (Å²) in [5, 5.41) is 10.8. The number of benzene rings is 1. The number of furan rings is 1. The van der Waals surface area contributed by atoms with Gasteiger partial charge in [-0.25, -0.2) is 0 Å². The molecule has 1 aromatic carbocycles. The molecule has 8 heteroatoms. The SMILES string of the molecule is CN/C(C)=C\C1=C(/C=O)CNC(=O)c2c(c(NC3CCOCC3)cc3oc(CN4CCCCC4)cc23)CC1. The zero-order valence-corrected chi connectivity index (χ0v) is 22.7. The van der Waals surface area contributed by atoms with Crippen molar-refractivity contribution >= 4 is 28.8 Å². The van der Waals surface area contributed by atoms with Crippen LogP contribution in [0.4, 0.5) is 5.69 Å². The third-order valence-corrected chi connectivity index (χ3v) is 8.04. The Bertz CT molecular complexity index is 1230. The summed E-state index contributed by atoms with van der Waals surface area (Å²) >= 11 is 0. The highest BCUT2D eigenvalue weighted by Gasteiger charge is 2.26. The van der Waals surface area contributed by atoms with Crippen LogP contribution < -0.4 is 16.0 Å². The van der Waals surface area contributed by atoms with Gasteiger partial charge in [-0.2, -0.15) is 0 Å². The normalized spacial score (nSPS) is 22.3. The van der Waals surface area contributed by atoms with Gasteiger partial charge in [-0.3, -0.25) is 14.5 Å². The lowest BCUT2D eigenvalue weighted by molar-refractivity contribution is -0.105. The van der Waals surface area contributed by atoms with E-state index in [0.29, 0.717) is 24.0 Å². The molecule has 2 aromatic rings. The molecule has 2 fully saturated rings. The van der Waals surface area contributed by atoms with Crippen LogP contribution in [0.2, 0.25) is 0 Å². The maximum absolute atomic E-state index is 13.7. The van der Waals surface area contributed by atoms with Gasteiger partial charge in [0.15, 0.2) is 0 Å². The number of nitrogens with zero attached hydrogens (tertiary/aromatic N) is 1. The summed E-state index contributed by atoms with van der Waals surface area (Å²) in [5.41, 5.74) is 5.83. The molecule has 3 N–H and O–H groups in total. The molecule has 8 nitrogen and oxygen atoms in total. The van der Waals surface area contributed by atoms with E-state index in [1.807, 2.05) is 20.0 Å². The number of hydrogen-bond donors (Lipinski definition) is 3. The summed E-state index contributed by atoms with van der Waals surface area (Å²) in [6.45, 7) is 6.54. The number of ether oxygens (including phenoxy) is 1. The van der Waals surface area contributed by atoms with Gasteiger partial charge in [0.2, 0.25) is 0 Å². The number of aldehydes is 1. The van der Waals surface area contributed by atoms with E-state index in [1.165, 1.54) is 19.3 Å². The molecule has 204 valence electrons. The van der Waals surface area contributed by atoms with Gasteiger partial charge in [0.05, 0.1) is 12.1 Å². The molecule has 0 atom stereocenters. The van der Waals surface area contributed by atoms with Crippen LogP contribution in [0, 0.1) is 0 Å². The van der Waals surface area contributed by atoms with Crippen molar-refractivity contribution in [3.63, 3.8) is 0 Å². The van der Waals surface area contributed by atoms with Crippen molar-refractivity contribution in [1.29, 1.82) is 0 Å². The first kappa shape index (κ1) is 26.5. The Labute approximate surface area is 224 Å². The van der Waals surface area contributed by atoms with E-state index < -0.39 is 0 Å². The summed E-state index contributed by atoms with van der Waals surface area (Å²) in [4.78, 5) is 28.2. The fourth-order valence-corrected chi connectivity index (χ4v) is 5.81. The highest BCUT2D eigenvalue weighted by Crippen LogP contribution is 2.36. The van der Waals surface area contributed by atoms with Gasteiger partial charge < -0.3 is 25.1 Å². The lowest BCUT2D eigenvalue weighted by Crippen LogP contribution is -2.30. The molecule has 1 amide bonds. The van der Waals surface area contributed by atoms with Crippen LogP contribution in [-0.2, 0) is 22.5 Å². The number of fused-ring (bicyclic) bond motifs is 3. The van der Waals surface area contributed by atoms with Gasteiger partial charge in [-0.05, 0) is 81.8 Å². The topological polar surface area (TPSA) is 95.8 Å². The highest BCUT2D eigenvalue weighted by atomic mass is 16.5. The Morgan fingerprint density at radius 3 is 2.66 bits per heavy atom. The van der Waals surface area contributed by atoms with Gasteiger partial charge in [-0.1, -0.05) is 6.42 Å². The smallest absolute Gasteiger partial charge is 0.252 e. The first-order valence-corrected chi connectivity index (χ1v) is 14.0. The Hall–Kier alpha value is -3.10. The molecule has 0 unspecified atom stereocenters. The minimum absolute atomic E-state index is 0.166. The van der Waals surface area contributed by atoms with Crippen molar-refractivity contribution in [2.45, 2.75) is 64.5 Å². The Morgan fingerprint density at radius 1 is 1.13 bits per heavy atom. The van der Waals surface area contributed by atoms with Crippen LogP contribution in [0.3, 0.4) is 0 Å². The van der Waals surface area contributed by atoms with E-state index in [1.54, 1.807) is 0 Å². The number of allylic oxidation sites excluding steroid dienone is 3. The highest BCUT2D eigenvalue weighted by molar-refractivity contribution is 6.09. The van der Waals surface area contributed by atoms with E-state index in [2.05, 4.69) is 33.0 Å². The number of likely N-dealkylation sites (tertiary alicyclic amines) is 1. The van der Waals surface area contributed by atoms with Crippen LogP contribution in [0.1, 0.15) is 67.1 Å². The van der Waals surface area contributed by atoms with Gasteiger partial charge in [-0.15, -0.1) is 0 Å². The van der Waals surface area contributed by atoms with Crippen LogP contribution in [0.5, 0.6) is 0 Å². The Kier molecular flexibility index (Phi) is 8.49. The molecule has 4 heterocycles. The number of nitrogens with one attached hydrogen (secondary N) is 3. The molecule has 0 saturated carbocycles. The molecular weight excluding hydrogens is 480 g/mol. The summed E-state index contributed by atoms with van der Waals surface area (Å²) in [7, 11) is 1.87. The fourth-order valence-electron chi connectivity index (χ4n) is 5.81. The number of anilines is 1. The summed E-state index contributed by atoms with van der Waals surface area (Å²) in [5.74, 6) is 0.723. The number of piperidine rings is 1. The minimum Gasteiger partial charge on any atom is -0.460 e. The zero-order chi connectivity index (χ0) is 26.5. The lowest BCUT2D eigenvalue weighted by atomic mass is 9.93. The average Bonchev–Trinajstić information content (AvgIpc) is 3.35. The van der Waals surface area contributed by atoms with Crippen molar-refractivity contribution in [2.24, 2.45) is 0 Å². The second-order valence-electron chi connectivity index (χ2n) is 10.7. The van der Waals surface area contributed by atoms with Crippen molar-refractivity contribution < 1.29 is 18.7 Å². The summed E-state index contributed by atoms with van der Waals surface area (Å²) < 4.78 is 12.0. The number of amides is 1. The first-order chi connectivity index (χ1) is 18.6. The fraction of sp³-hybridized carbons (Fsp3) is 0.533. The Balaban J connectivity index is 1.57. The van der Waals surface area contributed by atoms with Gasteiger partial charge in [0.25, 0.3) is 5.91 Å². The third-order valence-electron chi connectivity index (χ3n) is 8.04. The second-order valence-corrected chi connectivity index (χ2v) is 10.7. The Morgan fingerprint density at radius 2 is 1.92 bits per heavy atom. The average molecular weight is 521 g/mol. The molecular formula is C30H40N4O4. The van der Waals surface area contributed by atoms with Crippen molar-refractivity contribution in [1.82, 2.24) is 15.5 Å². The number of carbonyl (C=O) groups is 2. The summed E-state index contributed by atoms with van der Waals surface area (Å²) in [6.07, 6.45) is 9.73. The predicted molar refractivity (Wildman–Crippen MR) is 149 cm³/mol. The number of carbonyl (C=O) groups excluding carboxylic acids is 2. The van der Waals surface area contributed by atoms with Crippen LogP contribution in [0.25, 0.3) is 11.0 Å². The van der Waals surface area contributed by atoms with Crippen LogP contribution in [0.15, 0.2) is 39.5 Å². The zero-order valence-electron chi connectivity index (χ0n) is 22.7.